The van der Waals surface area contributed by atoms with Crippen LogP contribution < -0.4 is 4.74 Å². The number of benzene rings is 3. The van der Waals surface area contributed by atoms with Crippen molar-refractivity contribution in [2.24, 2.45) is 0 Å². The Morgan fingerprint density at radius 3 is 2.52 bits per heavy atom. The van der Waals surface area contributed by atoms with Gasteiger partial charge in [-0.3, -0.25) is 0 Å². The Kier molecular flexibility index (Phi) is 3.32. The Bertz CT molecular complexity index is 816. The second-order valence-corrected chi connectivity index (χ2v) is 4.86. The van der Waals surface area contributed by atoms with E-state index in [9.17, 15) is 4.79 Å². The molecule has 21 heavy (non-hydrogen) atoms. The van der Waals surface area contributed by atoms with Crippen LogP contribution in [0.3, 0.4) is 0 Å². The molecule has 0 amide bonds. The maximum Gasteiger partial charge on any atom is 0.335 e. The van der Waals surface area contributed by atoms with Crippen molar-refractivity contribution >= 4 is 16.7 Å². The Labute approximate surface area is 122 Å². The first-order valence-electron chi connectivity index (χ1n) is 6.65. The number of aromatic carboxylic acids is 1. The molecular formula is C18H14O3. The van der Waals surface area contributed by atoms with Crippen LogP contribution in [0.15, 0.2) is 60.7 Å². The van der Waals surface area contributed by atoms with Gasteiger partial charge in [0.05, 0.1) is 5.56 Å². The third kappa shape index (κ3) is 2.58. The third-order valence-electron chi connectivity index (χ3n) is 3.41. The molecule has 0 unspecified atom stereocenters. The summed E-state index contributed by atoms with van der Waals surface area (Å²) in [5.41, 5.74) is 0.973. The van der Waals surface area contributed by atoms with Gasteiger partial charge < -0.3 is 9.84 Å². The molecule has 0 aromatic heterocycles. The Morgan fingerprint density at radius 2 is 1.76 bits per heavy atom. The first kappa shape index (κ1) is 13.2. The molecular weight excluding hydrogens is 264 g/mol. The third-order valence-corrected chi connectivity index (χ3v) is 3.41. The molecule has 3 rings (SSSR count). The highest BCUT2D eigenvalue weighted by molar-refractivity contribution is 5.90. The predicted molar refractivity (Wildman–Crippen MR) is 82.2 cm³/mol. The maximum absolute atomic E-state index is 11.0. The van der Waals surface area contributed by atoms with Crippen LogP contribution in [0.5, 0.6) is 11.5 Å². The van der Waals surface area contributed by atoms with Crippen molar-refractivity contribution in [2.75, 3.05) is 0 Å². The summed E-state index contributed by atoms with van der Waals surface area (Å²) >= 11 is 0. The van der Waals surface area contributed by atoms with Crippen LogP contribution in [0, 0.1) is 6.92 Å². The molecule has 3 heteroatoms. The highest BCUT2D eigenvalue weighted by Gasteiger charge is 2.09. The first-order valence-corrected chi connectivity index (χ1v) is 6.65. The van der Waals surface area contributed by atoms with Gasteiger partial charge in [0.2, 0.25) is 0 Å². The van der Waals surface area contributed by atoms with E-state index in [1.54, 1.807) is 25.1 Å². The van der Waals surface area contributed by atoms with Gasteiger partial charge in [0.1, 0.15) is 11.5 Å². The molecule has 0 aliphatic rings. The van der Waals surface area contributed by atoms with Gasteiger partial charge in [-0.05, 0) is 42.1 Å². The van der Waals surface area contributed by atoms with Crippen molar-refractivity contribution < 1.29 is 14.6 Å². The number of carboxylic acid groups (broad SMARTS) is 1. The number of aryl methyl sites for hydroxylation is 1. The molecule has 104 valence electrons. The molecule has 0 radical (unpaired) electrons. The smallest absolute Gasteiger partial charge is 0.335 e. The van der Waals surface area contributed by atoms with Gasteiger partial charge >= 0.3 is 5.97 Å². The Morgan fingerprint density at radius 1 is 1.00 bits per heavy atom. The fraction of sp³-hybridized carbons (Fsp3) is 0.0556. The minimum atomic E-state index is -0.927. The minimum absolute atomic E-state index is 0.292. The molecule has 0 fully saturated rings. The van der Waals surface area contributed by atoms with E-state index in [0.29, 0.717) is 16.9 Å². The summed E-state index contributed by atoms with van der Waals surface area (Å²) < 4.78 is 5.91. The molecule has 0 aliphatic carbocycles. The van der Waals surface area contributed by atoms with E-state index in [0.717, 1.165) is 16.5 Å². The van der Waals surface area contributed by atoms with Gasteiger partial charge in [-0.2, -0.15) is 0 Å². The summed E-state index contributed by atoms with van der Waals surface area (Å²) in [4.78, 5) is 11.0. The van der Waals surface area contributed by atoms with Crippen LogP contribution in [-0.2, 0) is 0 Å². The topological polar surface area (TPSA) is 46.5 Å². The largest absolute Gasteiger partial charge is 0.478 e. The average Bonchev–Trinajstić information content (AvgIpc) is 2.47. The van der Waals surface area contributed by atoms with Gasteiger partial charge in [-0.1, -0.05) is 36.4 Å². The normalized spacial score (nSPS) is 10.5. The molecule has 0 heterocycles. The zero-order chi connectivity index (χ0) is 14.8. The zero-order valence-electron chi connectivity index (χ0n) is 11.5. The predicted octanol–water partition coefficient (Wildman–Crippen LogP) is 4.64. The van der Waals surface area contributed by atoms with Crippen LogP contribution in [-0.4, -0.2) is 11.1 Å². The molecule has 3 aromatic rings. The molecule has 0 bridgehead atoms. The van der Waals surface area contributed by atoms with Crippen LogP contribution >= 0.6 is 0 Å². The molecule has 0 spiro atoms. The first-order chi connectivity index (χ1) is 10.1. The number of fused-ring (bicyclic) bond motifs is 1. The van der Waals surface area contributed by atoms with Crippen molar-refractivity contribution in [1.29, 1.82) is 0 Å². The van der Waals surface area contributed by atoms with Crippen molar-refractivity contribution in [3.63, 3.8) is 0 Å². The standard InChI is InChI=1S/C18H14O3/c1-12-11-14(9-10-15(12)18(19)20)21-17-8-4-6-13-5-2-3-7-16(13)17/h2-11H,1H3,(H,19,20). The van der Waals surface area contributed by atoms with Gasteiger partial charge in [0.15, 0.2) is 0 Å². The quantitative estimate of drug-likeness (QED) is 0.759. The lowest BCUT2D eigenvalue weighted by Gasteiger charge is -2.10. The number of carboxylic acids is 1. The van der Waals surface area contributed by atoms with E-state index in [1.807, 2.05) is 42.5 Å². The monoisotopic (exact) mass is 278 g/mol. The number of carbonyl (C=O) groups is 1. The number of hydrogen-bond acceptors (Lipinski definition) is 2. The summed E-state index contributed by atoms with van der Waals surface area (Å²) in [6.45, 7) is 1.76. The summed E-state index contributed by atoms with van der Waals surface area (Å²) in [6.07, 6.45) is 0. The molecule has 0 saturated carbocycles. The molecule has 3 aromatic carbocycles. The second-order valence-electron chi connectivity index (χ2n) is 4.86. The molecule has 1 N–H and O–H groups in total. The fourth-order valence-electron chi connectivity index (χ4n) is 2.35. The number of ether oxygens (including phenoxy) is 1. The molecule has 0 saturated heterocycles. The van der Waals surface area contributed by atoms with Gasteiger partial charge in [-0.15, -0.1) is 0 Å². The van der Waals surface area contributed by atoms with Crippen molar-refractivity contribution in [3.05, 3.63) is 71.8 Å². The summed E-state index contributed by atoms with van der Waals surface area (Å²) in [5, 5.41) is 11.2. The summed E-state index contributed by atoms with van der Waals surface area (Å²) in [6, 6.07) is 18.8. The van der Waals surface area contributed by atoms with Gasteiger partial charge in [-0.25, -0.2) is 4.79 Å². The second kappa shape index (κ2) is 5.29. The molecule has 0 aliphatic heterocycles. The lowest BCUT2D eigenvalue weighted by Crippen LogP contribution is -1.99. The molecule has 0 atom stereocenters. The van der Waals surface area contributed by atoms with Crippen molar-refractivity contribution in [1.82, 2.24) is 0 Å². The number of hydrogen-bond donors (Lipinski definition) is 1. The summed E-state index contributed by atoms with van der Waals surface area (Å²) in [7, 11) is 0. The van der Waals surface area contributed by atoms with E-state index >= 15 is 0 Å². The van der Waals surface area contributed by atoms with E-state index < -0.39 is 5.97 Å². The Hall–Kier alpha value is -2.81. The highest BCUT2D eigenvalue weighted by atomic mass is 16.5. The Balaban J connectivity index is 1.99. The number of rotatable bonds is 3. The van der Waals surface area contributed by atoms with Crippen LogP contribution in [0.1, 0.15) is 15.9 Å². The van der Waals surface area contributed by atoms with Crippen LogP contribution in [0.4, 0.5) is 0 Å². The molecule has 3 nitrogen and oxygen atoms in total. The van der Waals surface area contributed by atoms with Gasteiger partial charge in [0, 0.05) is 5.39 Å². The fourth-order valence-corrected chi connectivity index (χ4v) is 2.35. The van der Waals surface area contributed by atoms with Crippen LogP contribution in [0.2, 0.25) is 0 Å². The maximum atomic E-state index is 11.0. The summed E-state index contributed by atoms with van der Waals surface area (Å²) in [5.74, 6) is 0.466. The van der Waals surface area contributed by atoms with E-state index in [2.05, 4.69) is 0 Å². The highest BCUT2D eigenvalue weighted by Crippen LogP contribution is 2.30. The average molecular weight is 278 g/mol. The van der Waals surface area contributed by atoms with E-state index in [1.165, 1.54) is 0 Å². The zero-order valence-corrected chi connectivity index (χ0v) is 11.5. The SMILES string of the molecule is Cc1cc(Oc2cccc3ccccc23)ccc1C(=O)O. The van der Waals surface area contributed by atoms with Crippen molar-refractivity contribution in [3.8, 4) is 11.5 Å². The van der Waals surface area contributed by atoms with Crippen LogP contribution in [0.25, 0.3) is 10.8 Å². The van der Waals surface area contributed by atoms with Crippen molar-refractivity contribution in [2.45, 2.75) is 6.92 Å². The van der Waals surface area contributed by atoms with Gasteiger partial charge in [0.25, 0.3) is 0 Å². The lowest BCUT2D eigenvalue weighted by molar-refractivity contribution is 0.0696. The van der Waals surface area contributed by atoms with E-state index in [4.69, 9.17) is 9.84 Å². The van der Waals surface area contributed by atoms with E-state index in [-0.39, 0.29) is 0 Å². The lowest BCUT2D eigenvalue weighted by atomic mass is 10.1. The minimum Gasteiger partial charge on any atom is -0.478 e.